The summed E-state index contributed by atoms with van der Waals surface area (Å²) in [5.74, 6) is 3.41. The number of rotatable bonds is 8. The minimum absolute atomic E-state index is 0.106. The zero-order valence-electron chi connectivity index (χ0n) is 19.2. The van der Waals surface area contributed by atoms with E-state index in [0.717, 1.165) is 48.1 Å². The number of nitrogens with one attached hydrogen (secondary N) is 1. The lowest BCUT2D eigenvalue weighted by Gasteiger charge is -2.29. The van der Waals surface area contributed by atoms with Gasteiger partial charge in [-0.3, -0.25) is 14.3 Å². The van der Waals surface area contributed by atoms with Crippen molar-refractivity contribution in [2.45, 2.75) is 75.4 Å². The van der Waals surface area contributed by atoms with Crippen LogP contribution in [0.5, 0.6) is 0 Å². The molecule has 6 nitrogen and oxygen atoms in total. The van der Waals surface area contributed by atoms with Gasteiger partial charge in [0.25, 0.3) is 0 Å². The minimum atomic E-state index is -0.220. The van der Waals surface area contributed by atoms with E-state index in [1.165, 1.54) is 50.3 Å². The smallest absolute Gasteiger partial charge is 0.233 e. The number of carbonyl (C=O) groups is 1. The topological polar surface area (TPSA) is 63.1 Å². The number of thioether (sulfide) groups is 1. The van der Waals surface area contributed by atoms with Crippen molar-refractivity contribution >= 4 is 17.7 Å². The first kappa shape index (κ1) is 22.0. The van der Waals surface area contributed by atoms with Crippen LogP contribution < -0.4 is 5.32 Å². The van der Waals surface area contributed by atoms with Gasteiger partial charge in [-0.05, 0) is 88.9 Å². The van der Waals surface area contributed by atoms with Crippen LogP contribution in [-0.2, 0) is 11.3 Å². The molecule has 3 aliphatic rings. The summed E-state index contributed by atoms with van der Waals surface area (Å²) in [5.41, 5.74) is 1.05. The molecule has 1 N–H and O–H groups in total. The van der Waals surface area contributed by atoms with Crippen molar-refractivity contribution in [3.8, 4) is 5.69 Å². The Bertz CT molecular complexity index is 926. The van der Waals surface area contributed by atoms with Crippen LogP contribution in [0.4, 0.5) is 0 Å². The highest BCUT2D eigenvalue weighted by Gasteiger charge is 2.42. The van der Waals surface area contributed by atoms with E-state index in [4.69, 9.17) is 0 Å². The minimum Gasteiger partial charge on any atom is -0.352 e. The highest BCUT2D eigenvalue weighted by atomic mass is 32.2. The lowest BCUT2D eigenvalue weighted by molar-refractivity contribution is -0.121. The first-order chi connectivity index (χ1) is 15.6. The summed E-state index contributed by atoms with van der Waals surface area (Å²) < 4.78 is 2.13. The summed E-state index contributed by atoms with van der Waals surface area (Å²) in [5, 5.41) is 12.9. The molecule has 2 bridgehead atoms. The molecular formula is C25H35N5OS. The largest absolute Gasteiger partial charge is 0.352 e. The third-order valence-electron chi connectivity index (χ3n) is 7.73. The predicted octanol–water partition coefficient (Wildman–Crippen LogP) is 4.28. The van der Waals surface area contributed by atoms with Crippen LogP contribution in [0.15, 0.2) is 35.5 Å². The van der Waals surface area contributed by atoms with Gasteiger partial charge in [-0.25, -0.2) is 0 Å². The van der Waals surface area contributed by atoms with Crippen molar-refractivity contribution in [3.63, 3.8) is 0 Å². The third kappa shape index (κ3) is 4.60. The molecule has 5 rings (SSSR count). The molecular weight excluding hydrogens is 418 g/mol. The van der Waals surface area contributed by atoms with Crippen LogP contribution in [-0.4, -0.2) is 50.0 Å². The second-order valence-electron chi connectivity index (χ2n) is 9.95. The van der Waals surface area contributed by atoms with Gasteiger partial charge >= 0.3 is 0 Å². The van der Waals surface area contributed by atoms with Crippen molar-refractivity contribution in [1.29, 1.82) is 0 Å². The van der Waals surface area contributed by atoms with Gasteiger partial charge in [-0.15, -0.1) is 10.2 Å². The lowest BCUT2D eigenvalue weighted by Crippen LogP contribution is -2.43. The van der Waals surface area contributed by atoms with Gasteiger partial charge in [0.05, 0.1) is 11.8 Å². The Hall–Kier alpha value is -1.86. The fourth-order valence-electron chi connectivity index (χ4n) is 6.02. The molecule has 2 aromatic rings. The van der Waals surface area contributed by atoms with Crippen LogP contribution in [0.3, 0.4) is 0 Å². The van der Waals surface area contributed by atoms with Gasteiger partial charge in [0.1, 0.15) is 0 Å². The zero-order chi connectivity index (χ0) is 22.1. The SMILES string of the molecule is CC(Sc1nnc(CN2CCCC2)n1-c1ccccc1)C(=O)NC(C)C1CC2CCC1C2. The fraction of sp³-hybridized carbons (Fsp3) is 0.640. The highest BCUT2D eigenvalue weighted by Crippen LogP contribution is 2.49. The number of carbonyl (C=O) groups excluding carboxylic acids is 1. The number of hydrogen-bond acceptors (Lipinski definition) is 5. The molecule has 1 aromatic carbocycles. The molecule has 1 amide bonds. The molecule has 2 aliphatic carbocycles. The van der Waals surface area contributed by atoms with Crippen LogP contribution in [0, 0.1) is 17.8 Å². The number of hydrogen-bond donors (Lipinski definition) is 1. The van der Waals surface area contributed by atoms with E-state index in [1.807, 2.05) is 25.1 Å². The maximum atomic E-state index is 13.1. The Morgan fingerprint density at radius 3 is 2.59 bits per heavy atom. The molecule has 5 atom stereocenters. The number of fused-ring (bicyclic) bond motifs is 2. The molecule has 0 radical (unpaired) electrons. The van der Waals surface area contributed by atoms with E-state index in [-0.39, 0.29) is 17.2 Å². The fourth-order valence-corrected chi connectivity index (χ4v) is 6.92. The average Bonchev–Trinajstić information content (AvgIpc) is 3.60. The molecule has 1 aromatic heterocycles. The standard InChI is InChI=1S/C25H35N5OS/c1-17(22-15-19-10-11-20(22)14-19)26-24(31)18(2)32-25-28-27-23(16-29-12-6-7-13-29)30(25)21-8-4-3-5-9-21/h3-5,8-9,17-20,22H,6-7,10-16H2,1-2H3,(H,26,31). The van der Waals surface area contributed by atoms with E-state index in [0.29, 0.717) is 5.92 Å². The summed E-state index contributed by atoms with van der Waals surface area (Å²) in [4.78, 5) is 15.5. The molecule has 0 spiro atoms. The van der Waals surface area contributed by atoms with Gasteiger partial charge in [0.2, 0.25) is 5.91 Å². The van der Waals surface area contributed by atoms with E-state index >= 15 is 0 Å². The van der Waals surface area contributed by atoms with E-state index in [2.05, 4.69) is 44.0 Å². The summed E-state index contributed by atoms with van der Waals surface area (Å²) in [6, 6.07) is 10.5. The van der Waals surface area contributed by atoms with Crippen molar-refractivity contribution < 1.29 is 4.79 Å². The van der Waals surface area contributed by atoms with Crippen LogP contribution in [0.1, 0.15) is 58.2 Å². The first-order valence-electron chi connectivity index (χ1n) is 12.3. The maximum Gasteiger partial charge on any atom is 0.233 e. The lowest BCUT2D eigenvalue weighted by atomic mass is 9.84. The van der Waals surface area contributed by atoms with Crippen molar-refractivity contribution in [2.24, 2.45) is 17.8 Å². The number of benzene rings is 1. The molecule has 2 saturated carbocycles. The first-order valence-corrected chi connectivity index (χ1v) is 13.2. The molecule has 5 unspecified atom stereocenters. The number of nitrogens with zero attached hydrogens (tertiary/aromatic N) is 4. The molecule has 7 heteroatoms. The van der Waals surface area contributed by atoms with Gasteiger partial charge in [0, 0.05) is 11.7 Å². The molecule has 172 valence electrons. The molecule has 1 saturated heterocycles. The van der Waals surface area contributed by atoms with E-state index in [9.17, 15) is 4.79 Å². The monoisotopic (exact) mass is 453 g/mol. The number of aromatic nitrogens is 3. The number of likely N-dealkylation sites (tertiary alicyclic amines) is 1. The van der Waals surface area contributed by atoms with Crippen molar-refractivity contribution in [2.75, 3.05) is 13.1 Å². The Labute approximate surface area is 195 Å². The quantitative estimate of drug-likeness (QED) is 0.604. The van der Waals surface area contributed by atoms with Crippen LogP contribution >= 0.6 is 11.8 Å². The van der Waals surface area contributed by atoms with E-state index in [1.54, 1.807) is 0 Å². The summed E-state index contributed by atoms with van der Waals surface area (Å²) in [6.07, 6.45) is 7.89. The van der Waals surface area contributed by atoms with Gasteiger partial charge in [0.15, 0.2) is 11.0 Å². The summed E-state index contributed by atoms with van der Waals surface area (Å²) >= 11 is 1.51. The van der Waals surface area contributed by atoms with Crippen LogP contribution in [0.2, 0.25) is 0 Å². The van der Waals surface area contributed by atoms with Gasteiger partial charge in [-0.1, -0.05) is 36.4 Å². The van der Waals surface area contributed by atoms with E-state index < -0.39 is 0 Å². The van der Waals surface area contributed by atoms with Crippen molar-refractivity contribution in [3.05, 3.63) is 36.2 Å². The Morgan fingerprint density at radius 1 is 1.12 bits per heavy atom. The molecule has 2 heterocycles. The van der Waals surface area contributed by atoms with Gasteiger partial charge in [-0.2, -0.15) is 0 Å². The maximum absolute atomic E-state index is 13.1. The summed E-state index contributed by atoms with van der Waals surface area (Å²) in [7, 11) is 0. The molecule has 3 fully saturated rings. The number of para-hydroxylation sites is 1. The highest BCUT2D eigenvalue weighted by molar-refractivity contribution is 8.00. The second-order valence-corrected chi connectivity index (χ2v) is 11.3. The Morgan fingerprint density at radius 2 is 1.91 bits per heavy atom. The predicted molar refractivity (Wildman–Crippen MR) is 128 cm³/mol. The Balaban J connectivity index is 1.28. The Kier molecular flexibility index (Phi) is 6.56. The molecule has 32 heavy (non-hydrogen) atoms. The normalized spacial score (nSPS) is 27.0. The zero-order valence-corrected chi connectivity index (χ0v) is 20.1. The second kappa shape index (κ2) is 9.56. The van der Waals surface area contributed by atoms with Crippen molar-refractivity contribution in [1.82, 2.24) is 25.0 Å². The third-order valence-corrected chi connectivity index (χ3v) is 8.78. The summed E-state index contributed by atoms with van der Waals surface area (Å²) in [6.45, 7) is 7.21. The number of amides is 1. The van der Waals surface area contributed by atoms with Crippen LogP contribution in [0.25, 0.3) is 5.69 Å². The van der Waals surface area contributed by atoms with Gasteiger partial charge < -0.3 is 5.32 Å². The molecule has 1 aliphatic heterocycles. The average molecular weight is 454 g/mol.